The summed E-state index contributed by atoms with van der Waals surface area (Å²) in [7, 11) is 0. The molecule has 0 fully saturated rings. The maximum absolute atomic E-state index is 12.3. The van der Waals surface area contributed by atoms with E-state index in [1.807, 2.05) is 19.1 Å². The van der Waals surface area contributed by atoms with Gasteiger partial charge in [-0.15, -0.1) is 0 Å². The largest absolute Gasteiger partial charge is 0.448 e. The molecule has 0 radical (unpaired) electrons. The van der Waals surface area contributed by atoms with Crippen molar-refractivity contribution in [2.24, 2.45) is 0 Å². The third-order valence-electron chi connectivity index (χ3n) is 3.69. The predicted molar refractivity (Wildman–Crippen MR) is 94.9 cm³/mol. The standard InChI is InChI=1S/C18H16ClN3O3/c1-11-6-5-9-16-20-15(10-22(11)16)18(24)25-12(2)17(23)21-14-8-4-3-7-13(14)19/h3-10,12H,1-2H3,(H,21,23)/t12-/m0/s1. The van der Waals surface area contributed by atoms with Gasteiger partial charge in [-0.05, 0) is 38.1 Å². The minimum Gasteiger partial charge on any atom is -0.448 e. The highest BCUT2D eigenvalue weighted by Gasteiger charge is 2.21. The van der Waals surface area contributed by atoms with E-state index in [-0.39, 0.29) is 5.69 Å². The minimum atomic E-state index is -0.991. The van der Waals surface area contributed by atoms with Crippen LogP contribution in [0, 0.1) is 6.92 Å². The summed E-state index contributed by atoms with van der Waals surface area (Å²) >= 11 is 6.00. The minimum absolute atomic E-state index is 0.145. The lowest BCUT2D eigenvalue weighted by atomic mass is 10.3. The van der Waals surface area contributed by atoms with Crippen LogP contribution >= 0.6 is 11.6 Å². The fraction of sp³-hybridized carbons (Fsp3) is 0.167. The van der Waals surface area contributed by atoms with Crippen molar-refractivity contribution in [2.75, 3.05) is 5.32 Å². The third-order valence-corrected chi connectivity index (χ3v) is 4.02. The molecule has 2 aromatic heterocycles. The molecule has 2 heterocycles. The zero-order valence-electron chi connectivity index (χ0n) is 13.7. The quantitative estimate of drug-likeness (QED) is 0.725. The molecular weight excluding hydrogens is 342 g/mol. The van der Waals surface area contributed by atoms with E-state index in [4.69, 9.17) is 16.3 Å². The molecule has 0 bridgehead atoms. The smallest absolute Gasteiger partial charge is 0.359 e. The Morgan fingerprint density at radius 3 is 2.68 bits per heavy atom. The number of pyridine rings is 1. The van der Waals surface area contributed by atoms with Crippen molar-refractivity contribution in [1.82, 2.24) is 9.38 Å². The van der Waals surface area contributed by atoms with E-state index < -0.39 is 18.0 Å². The summed E-state index contributed by atoms with van der Waals surface area (Å²) in [4.78, 5) is 28.7. The van der Waals surface area contributed by atoms with E-state index >= 15 is 0 Å². The number of carbonyl (C=O) groups is 2. The molecule has 1 atom stereocenters. The number of aromatic nitrogens is 2. The maximum Gasteiger partial charge on any atom is 0.359 e. The first-order valence-electron chi connectivity index (χ1n) is 7.67. The SMILES string of the molecule is Cc1cccc2nc(C(=O)O[C@@H](C)C(=O)Nc3ccccc3Cl)cn12. The van der Waals surface area contributed by atoms with Gasteiger partial charge in [-0.3, -0.25) is 4.79 Å². The number of halogens is 1. The summed E-state index contributed by atoms with van der Waals surface area (Å²) in [6.07, 6.45) is 0.598. The van der Waals surface area contributed by atoms with Crippen LogP contribution in [0.25, 0.3) is 5.65 Å². The highest BCUT2D eigenvalue weighted by atomic mass is 35.5. The van der Waals surface area contributed by atoms with E-state index in [1.54, 1.807) is 40.9 Å². The van der Waals surface area contributed by atoms with Crippen molar-refractivity contribution in [3.05, 3.63) is 65.1 Å². The Morgan fingerprint density at radius 1 is 1.20 bits per heavy atom. The van der Waals surface area contributed by atoms with Gasteiger partial charge in [-0.25, -0.2) is 9.78 Å². The van der Waals surface area contributed by atoms with Crippen LogP contribution in [0.5, 0.6) is 0 Å². The molecule has 128 valence electrons. The highest BCUT2D eigenvalue weighted by molar-refractivity contribution is 6.33. The second-order valence-corrected chi connectivity index (χ2v) is 5.95. The molecule has 1 amide bonds. The molecule has 0 aliphatic heterocycles. The molecule has 0 spiro atoms. The van der Waals surface area contributed by atoms with Crippen molar-refractivity contribution in [2.45, 2.75) is 20.0 Å². The molecule has 6 nitrogen and oxygen atoms in total. The van der Waals surface area contributed by atoms with Crippen LogP contribution in [-0.4, -0.2) is 27.4 Å². The molecule has 0 saturated heterocycles. The summed E-state index contributed by atoms with van der Waals surface area (Å²) < 4.78 is 6.99. The lowest BCUT2D eigenvalue weighted by molar-refractivity contribution is -0.123. The van der Waals surface area contributed by atoms with Gasteiger partial charge in [0.05, 0.1) is 10.7 Å². The number of fused-ring (bicyclic) bond motifs is 1. The first-order chi connectivity index (χ1) is 12.0. The molecule has 25 heavy (non-hydrogen) atoms. The van der Waals surface area contributed by atoms with Crippen LogP contribution in [-0.2, 0) is 9.53 Å². The number of para-hydroxylation sites is 1. The summed E-state index contributed by atoms with van der Waals surface area (Å²) in [5.41, 5.74) is 2.18. The van der Waals surface area contributed by atoms with Crippen molar-refractivity contribution in [3.63, 3.8) is 0 Å². The zero-order valence-corrected chi connectivity index (χ0v) is 14.4. The lowest BCUT2D eigenvalue weighted by Crippen LogP contribution is -2.30. The van der Waals surface area contributed by atoms with Crippen LogP contribution < -0.4 is 5.32 Å². The first kappa shape index (κ1) is 17.0. The van der Waals surface area contributed by atoms with E-state index in [2.05, 4.69) is 10.3 Å². The van der Waals surface area contributed by atoms with Crippen molar-refractivity contribution >= 4 is 34.8 Å². The van der Waals surface area contributed by atoms with Gasteiger partial charge in [0.2, 0.25) is 0 Å². The topological polar surface area (TPSA) is 72.7 Å². The van der Waals surface area contributed by atoms with Gasteiger partial charge in [0, 0.05) is 11.9 Å². The fourth-order valence-electron chi connectivity index (χ4n) is 2.32. The van der Waals surface area contributed by atoms with Gasteiger partial charge in [0.25, 0.3) is 5.91 Å². The monoisotopic (exact) mass is 357 g/mol. The maximum atomic E-state index is 12.3. The number of hydrogen-bond donors (Lipinski definition) is 1. The van der Waals surface area contributed by atoms with Gasteiger partial charge in [0.1, 0.15) is 5.65 Å². The van der Waals surface area contributed by atoms with E-state index in [9.17, 15) is 9.59 Å². The summed E-state index contributed by atoms with van der Waals surface area (Å²) in [5, 5.41) is 3.04. The van der Waals surface area contributed by atoms with Gasteiger partial charge < -0.3 is 14.5 Å². The van der Waals surface area contributed by atoms with Crippen LogP contribution in [0.15, 0.2) is 48.7 Å². The highest BCUT2D eigenvalue weighted by Crippen LogP contribution is 2.20. The summed E-state index contributed by atoms with van der Waals surface area (Å²) in [5.74, 6) is -1.13. The average molecular weight is 358 g/mol. The predicted octanol–water partition coefficient (Wildman–Crippen LogP) is 3.48. The number of carbonyl (C=O) groups excluding carboxylic acids is 2. The second-order valence-electron chi connectivity index (χ2n) is 5.54. The van der Waals surface area contributed by atoms with Gasteiger partial charge in [0.15, 0.2) is 11.8 Å². The Kier molecular flexibility index (Phi) is 4.72. The molecule has 0 aliphatic carbocycles. The number of nitrogens with one attached hydrogen (secondary N) is 1. The first-order valence-corrected chi connectivity index (χ1v) is 8.04. The number of anilines is 1. The Morgan fingerprint density at radius 2 is 1.96 bits per heavy atom. The molecule has 3 aromatic rings. The number of aryl methyl sites for hydroxylation is 1. The van der Waals surface area contributed by atoms with Gasteiger partial charge in [-0.2, -0.15) is 0 Å². The van der Waals surface area contributed by atoms with Gasteiger partial charge >= 0.3 is 5.97 Å². The third kappa shape index (κ3) is 3.64. The number of rotatable bonds is 4. The molecule has 7 heteroatoms. The van der Waals surface area contributed by atoms with Crippen LogP contribution in [0.4, 0.5) is 5.69 Å². The summed E-state index contributed by atoms with van der Waals surface area (Å²) in [6, 6.07) is 12.4. The van der Waals surface area contributed by atoms with Gasteiger partial charge in [-0.1, -0.05) is 29.8 Å². The molecule has 0 aliphatic rings. The van der Waals surface area contributed by atoms with E-state index in [1.165, 1.54) is 6.92 Å². The zero-order chi connectivity index (χ0) is 18.0. The molecule has 3 rings (SSSR count). The molecule has 0 unspecified atom stereocenters. The Balaban J connectivity index is 1.70. The average Bonchev–Trinajstić information content (AvgIpc) is 3.02. The normalized spacial score (nSPS) is 12.0. The number of ether oxygens (including phenoxy) is 1. The summed E-state index contributed by atoms with van der Waals surface area (Å²) in [6.45, 7) is 3.40. The van der Waals surface area contributed by atoms with Crippen LogP contribution in [0.2, 0.25) is 5.02 Å². The number of hydrogen-bond acceptors (Lipinski definition) is 4. The van der Waals surface area contributed by atoms with Crippen molar-refractivity contribution in [3.8, 4) is 0 Å². The van der Waals surface area contributed by atoms with Crippen LogP contribution in [0.3, 0.4) is 0 Å². The molecule has 1 N–H and O–H groups in total. The molecule has 1 aromatic carbocycles. The Labute approximate surface area is 149 Å². The Hall–Kier alpha value is -2.86. The number of nitrogens with zero attached hydrogens (tertiary/aromatic N) is 2. The fourth-order valence-corrected chi connectivity index (χ4v) is 2.50. The van der Waals surface area contributed by atoms with E-state index in [0.29, 0.717) is 16.4 Å². The van der Waals surface area contributed by atoms with Crippen molar-refractivity contribution in [1.29, 1.82) is 0 Å². The second kappa shape index (κ2) is 6.94. The number of esters is 1. The molecular formula is C18H16ClN3O3. The number of amides is 1. The van der Waals surface area contributed by atoms with E-state index in [0.717, 1.165) is 5.69 Å². The number of benzene rings is 1. The number of imidazole rings is 1. The van der Waals surface area contributed by atoms with Crippen LogP contribution in [0.1, 0.15) is 23.1 Å². The lowest BCUT2D eigenvalue weighted by Gasteiger charge is -2.13. The van der Waals surface area contributed by atoms with Crippen molar-refractivity contribution < 1.29 is 14.3 Å². The Bertz CT molecular complexity index is 952. The molecule has 0 saturated carbocycles.